The number of fused-ring (bicyclic) bond motifs is 1. The van der Waals surface area contributed by atoms with Crippen LogP contribution in [0.5, 0.6) is 0 Å². The Bertz CT molecular complexity index is 916. The molecule has 152 valence electrons. The molecule has 4 heteroatoms. The molecule has 1 N–H and O–H groups in total. The Labute approximate surface area is 173 Å². The largest absolute Gasteiger partial charge is 0.351 e. The van der Waals surface area contributed by atoms with E-state index >= 15 is 0 Å². The summed E-state index contributed by atoms with van der Waals surface area (Å²) in [4.78, 5) is 21.1. The molecule has 0 bridgehead atoms. The van der Waals surface area contributed by atoms with Crippen LogP contribution in [0.25, 0.3) is 10.9 Å². The van der Waals surface area contributed by atoms with Gasteiger partial charge in [0.1, 0.15) is 5.69 Å². The molecule has 1 fully saturated rings. The van der Waals surface area contributed by atoms with Gasteiger partial charge in [-0.1, -0.05) is 48.5 Å². The van der Waals surface area contributed by atoms with E-state index in [2.05, 4.69) is 59.1 Å². The first kappa shape index (κ1) is 19.7. The first-order valence-corrected chi connectivity index (χ1v) is 10.8. The zero-order valence-corrected chi connectivity index (χ0v) is 17.5. The molecule has 2 atom stereocenters. The number of para-hydroxylation sites is 1. The first-order chi connectivity index (χ1) is 14.2. The molecule has 0 aliphatic heterocycles. The molecule has 4 rings (SSSR count). The Morgan fingerprint density at radius 3 is 2.52 bits per heavy atom. The highest BCUT2D eigenvalue weighted by Crippen LogP contribution is 2.28. The van der Waals surface area contributed by atoms with Gasteiger partial charge in [0.2, 0.25) is 0 Å². The summed E-state index contributed by atoms with van der Waals surface area (Å²) in [7, 11) is 2.22. The Morgan fingerprint density at radius 1 is 1.03 bits per heavy atom. The van der Waals surface area contributed by atoms with E-state index in [4.69, 9.17) is 0 Å². The highest BCUT2D eigenvalue weighted by Gasteiger charge is 2.31. The van der Waals surface area contributed by atoms with E-state index in [1.165, 1.54) is 18.4 Å². The second-order valence-electron chi connectivity index (χ2n) is 8.24. The maximum atomic E-state index is 13.3. The van der Waals surface area contributed by atoms with Crippen LogP contribution in [0.2, 0.25) is 0 Å². The van der Waals surface area contributed by atoms with Crippen molar-refractivity contribution in [2.75, 3.05) is 13.6 Å². The molecule has 1 aliphatic carbocycles. The maximum absolute atomic E-state index is 13.3. The molecule has 0 unspecified atom stereocenters. The minimum Gasteiger partial charge on any atom is -0.351 e. The fourth-order valence-corrected chi connectivity index (χ4v) is 4.73. The van der Waals surface area contributed by atoms with Gasteiger partial charge in [-0.2, -0.15) is 0 Å². The van der Waals surface area contributed by atoms with Crippen LogP contribution in [0.15, 0.2) is 60.7 Å². The van der Waals surface area contributed by atoms with Crippen LogP contribution in [0.4, 0.5) is 0 Å². The van der Waals surface area contributed by atoms with E-state index in [0.717, 1.165) is 36.8 Å². The molecule has 3 aromatic rings. The highest BCUT2D eigenvalue weighted by molar-refractivity contribution is 5.98. The summed E-state index contributed by atoms with van der Waals surface area (Å²) in [5.41, 5.74) is 3.07. The van der Waals surface area contributed by atoms with E-state index < -0.39 is 0 Å². The van der Waals surface area contributed by atoms with Crippen LogP contribution >= 0.6 is 0 Å². The zero-order chi connectivity index (χ0) is 20.2. The number of rotatable bonds is 6. The molecule has 29 heavy (non-hydrogen) atoms. The fourth-order valence-electron chi connectivity index (χ4n) is 4.73. The van der Waals surface area contributed by atoms with E-state index in [9.17, 15) is 4.79 Å². The summed E-state index contributed by atoms with van der Waals surface area (Å²) in [6.45, 7) is 3.80. The molecule has 1 saturated carbocycles. The predicted molar refractivity (Wildman–Crippen MR) is 119 cm³/mol. The number of amides is 1. The SMILES string of the molecule is CCN(C(=O)c1cc2ccccc2[nH]1)[C@H]1CCC[C@@H](N(C)Cc2ccccc2)C1. The van der Waals surface area contributed by atoms with Crippen LogP contribution in [0, 0.1) is 0 Å². The van der Waals surface area contributed by atoms with Gasteiger partial charge in [0, 0.05) is 36.1 Å². The van der Waals surface area contributed by atoms with Gasteiger partial charge < -0.3 is 9.88 Å². The standard InChI is InChI=1S/C25H31N3O/c1-3-28(25(29)24-16-20-12-7-8-15-23(20)26-24)22-14-9-13-21(17-22)27(2)18-19-10-5-4-6-11-19/h4-8,10-12,15-16,21-22,26H,3,9,13-14,17-18H2,1-2H3/t21-,22+/m1/s1. The number of nitrogens with zero attached hydrogens (tertiary/aromatic N) is 2. The second kappa shape index (κ2) is 8.83. The molecule has 2 aromatic carbocycles. The van der Waals surface area contributed by atoms with Crippen molar-refractivity contribution in [1.82, 2.24) is 14.8 Å². The molecule has 1 amide bonds. The average Bonchev–Trinajstić information content (AvgIpc) is 3.19. The van der Waals surface area contributed by atoms with Crippen LogP contribution < -0.4 is 0 Å². The van der Waals surface area contributed by atoms with Gasteiger partial charge in [0.15, 0.2) is 0 Å². The van der Waals surface area contributed by atoms with E-state index in [1.807, 2.05) is 30.3 Å². The predicted octanol–water partition coefficient (Wildman–Crippen LogP) is 5.07. The lowest BCUT2D eigenvalue weighted by Crippen LogP contribution is -2.47. The number of carbonyl (C=O) groups is 1. The van der Waals surface area contributed by atoms with E-state index in [-0.39, 0.29) is 5.91 Å². The summed E-state index contributed by atoms with van der Waals surface area (Å²) >= 11 is 0. The van der Waals surface area contributed by atoms with Crippen LogP contribution in [0.3, 0.4) is 0 Å². The lowest BCUT2D eigenvalue weighted by Gasteiger charge is -2.40. The van der Waals surface area contributed by atoms with Crippen molar-refractivity contribution in [3.05, 3.63) is 71.9 Å². The molecule has 4 nitrogen and oxygen atoms in total. The van der Waals surface area contributed by atoms with Crippen molar-refractivity contribution in [2.24, 2.45) is 0 Å². The van der Waals surface area contributed by atoms with Crippen molar-refractivity contribution < 1.29 is 4.79 Å². The van der Waals surface area contributed by atoms with Gasteiger partial charge in [-0.15, -0.1) is 0 Å². The number of carbonyl (C=O) groups excluding carboxylic acids is 1. The number of benzene rings is 2. The van der Waals surface area contributed by atoms with Crippen LogP contribution in [-0.4, -0.2) is 46.4 Å². The van der Waals surface area contributed by atoms with Gasteiger partial charge in [0.25, 0.3) is 5.91 Å². The third-order valence-electron chi connectivity index (χ3n) is 6.32. The Kier molecular flexibility index (Phi) is 6.00. The summed E-state index contributed by atoms with van der Waals surface area (Å²) < 4.78 is 0. The van der Waals surface area contributed by atoms with Gasteiger partial charge in [-0.05, 0) is 57.4 Å². The molecular weight excluding hydrogens is 358 g/mol. The van der Waals surface area contributed by atoms with Gasteiger partial charge in [0.05, 0.1) is 0 Å². The summed E-state index contributed by atoms with van der Waals surface area (Å²) in [5.74, 6) is 0.125. The normalized spacial score (nSPS) is 19.6. The van der Waals surface area contributed by atoms with Crippen molar-refractivity contribution in [2.45, 2.75) is 51.2 Å². The summed E-state index contributed by atoms with van der Waals surface area (Å²) in [6.07, 6.45) is 4.52. The topological polar surface area (TPSA) is 39.3 Å². The number of aromatic nitrogens is 1. The number of H-pyrrole nitrogens is 1. The van der Waals surface area contributed by atoms with Crippen molar-refractivity contribution >= 4 is 16.8 Å². The van der Waals surface area contributed by atoms with Gasteiger partial charge >= 0.3 is 0 Å². The lowest BCUT2D eigenvalue weighted by atomic mass is 9.88. The van der Waals surface area contributed by atoms with Crippen LogP contribution in [0.1, 0.15) is 48.7 Å². The van der Waals surface area contributed by atoms with Gasteiger partial charge in [-0.3, -0.25) is 9.69 Å². The summed E-state index contributed by atoms with van der Waals surface area (Å²) in [6, 6.07) is 21.5. The molecular formula is C25H31N3O. The third-order valence-corrected chi connectivity index (χ3v) is 6.32. The Hall–Kier alpha value is -2.59. The van der Waals surface area contributed by atoms with Crippen molar-refractivity contribution in [1.29, 1.82) is 0 Å². The maximum Gasteiger partial charge on any atom is 0.270 e. The second-order valence-corrected chi connectivity index (χ2v) is 8.24. The molecule has 1 aliphatic rings. The Balaban J connectivity index is 1.46. The molecule has 0 saturated heterocycles. The zero-order valence-electron chi connectivity index (χ0n) is 17.5. The number of hydrogen-bond acceptors (Lipinski definition) is 2. The lowest BCUT2D eigenvalue weighted by molar-refractivity contribution is 0.0557. The number of nitrogens with one attached hydrogen (secondary N) is 1. The molecule has 1 aromatic heterocycles. The fraction of sp³-hybridized carbons (Fsp3) is 0.400. The average molecular weight is 390 g/mol. The summed E-state index contributed by atoms with van der Waals surface area (Å²) in [5, 5.41) is 1.09. The Morgan fingerprint density at radius 2 is 1.76 bits per heavy atom. The minimum absolute atomic E-state index is 0.125. The van der Waals surface area contributed by atoms with Crippen LogP contribution in [-0.2, 0) is 6.54 Å². The molecule has 1 heterocycles. The molecule has 0 spiro atoms. The van der Waals surface area contributed by atoms with E-state index in [1.54, 1.807) is 0 Å². The third kappa shape index (κ3) is 4.38. The van der Waals surface area contributed by atoms with Gasteiger partial charge in [-0.25, -0.2) is 0 Å². The highest BCUT2D eigenvalue weighted by atomic mass is 16.2. The number of aromatic amines is 1. The number of hydrogen-bond donors (Lipinski definition) is 1. The molecule has 0 radical (unpaired) electrons. The first-order valence-electron chi connectivity index (χ1n) is 10.8. The van der Waals surface area contributed by atoms with Crippen molar-refractivity contribution in [3.63, 3.8) is 0 Å². The quantitative estimate of drug-likeness (QED) is 0.639. The monoisotopic (exact) mass is 389 g/mol. The minimum atomic E-state index is 0.125. The smallest absolute Gasteiger partial charge is 0.270 e. The van der Waals surface area contributed by atoms with E-state index in [0.29, 0.717) is 17.8 Å². The van der Waals surface area contributed by atoms with Crippen molar-refractivity contribution in [3.8, 4) is 0 Å².